The van der Waals surface area contributed by atoms with Crippen LogP contribution in [0.25, 0.3) is 16.8 Å². The fraction of sp³-hybridized carbons (Fsp3) is 0.286. The van der Waals surface area contributed by atoms with E-state index in [4.69, 9.17) is 16.6 Å². The van der Waals surface area contributed by atoms with Gasteiger partial charge in [-0.05, 0) is 61.6 Å². The average molecular weight is 411 g/mol. The van der Waals surface area contributed by atoms with E-state index in [0.29, 0.717) is 11.6 Å². The first-order chi connectivity index (χ1) is 14.1. The third-order valence-electron chi connectivity index (χ3n) is 5.46. The monoisotopic (exact) mass is 410 g/mol. The van der Waals surface area contributed by atoms with Crippen molar-refractivity contribution in [2.75, 3.05) is 5.32 Å². The summed E-state index contributed by atoms with van der Waals surface area (Å²) < 4.78 is 17.4. The lowest BCUT2D eigenvalue weighted by atomic mass is 9.93. The Morgan fingerprint density at radius 2 is 2.21 bits per heavy atom. The zero-order valence-corrected chi connectivity index (χ0v) is 16.7. The SMILES string of the molecule is CCn1ncc2c1CCC(Nc1nc3c(-c4ccc(F)c(Cl)c4)cccn3n1)C2. The lowest BCUT2D eigenvalue weighted by Crippen LogP contribution is -2.28. The Hall–Kier alpha value is -2.93. The number of rotatable bonds is 4. The minimum atomic E-state index is -0.436. The van der Waals surface area contributed by atoms with E-state index < -0.39 is 5.82 Å². The first-order valence-corrected chi connectivity index (χ1v) is 10.1. The number of halogens is 2. The zero-order chi connectivity index (χ0) is 20.0. The van der Waals surface area contributed by atoms with Crippen LogP contribution in [0.1, 0.15) is 24.6 Å². The van der Waals surface area contributed by atoms with Gasteiger partial charge in [-0.25, -0.2) is 8.91 Å². The number of fused-ring (bicyclic) bond motifs is 2. The third kappa shape index (κ3) is 3.25. The number of hydrogen-bond acceptors (Lipinski definition) is 4. The Morgan fingerprint density at radius 3 is 3.03 bits per heavy atom. The molecule has 1 aliphatic carbocycles. The van der Waals surface area contributed by atoms with Gasteiger partial charge in [-0.1, -0.05) is 17.7 Å². The standard InChI is InChI=1S/C21H20ClFN6/c1-2-28-19-8-6-15(10-14(19)12-24-28)25-21-26-20-16(4-3-9-29(20)27-21)13-5-7-18(23)17(22)11-13/h3-5,7,9,11-12,15H,2,6,8,10H2,1H3,(H,25,27). The highest BCUT2D eigenvalue weighted by Crippen LogP contribution is 2.29. The van der Waals surface area contributed by atoms with Crippen LogP contribution >= 0.6 is 11.6 Å². The molecule has 0 saturated heterocycles. The molecule has 29 heavy (non-hydrogen) atoms. The molecule has 148 valence electrons. The summed E-state index contributed by atoms with van der Waals surface area (Å²) in [6.45, 7) is 3.02. The molecular formula is C21H20ClFN6. The van der Waals surface area contributed by atoms with Crippen molar-refractivity contribution in [2.24, 2.45) is 0 Å². The summed E-state index contributed by atoms with van der Waals surface area (Å²) in [4.78, 5) is 4.70. The molecule has 3 heterocycles. The first kappa shape index (κ1) is 18.1. The number of hydrogen-bond donors (Lipinski definition) is 1. The summed E-state index contributed by atoms with van der Waals surface area (Å²) in [5, 5.41) is 12.6. The summed E-state index contributed by atoms with van der Waals surface area (Å²) in [5.41, 5.74) is 4.98. The molecule has 5 rings (SSSR count). The van der Waals surface area contributed by atoms with Crippen molar-refractivity contribution in [1.82, 2.24) is 24.4 Å². The van der Waals surface area contributed by atoms with Crippen molar-refractivity contribution >= 4 is 23.2 Å². The summed E-state index contributed by atoms with van der Waals surface area (Å²) in [6.07, 6.45) is 6.74. The van der Waals surface area contributed by atoms with Crippen molar-refractivity contribution in [3.8, 4) is 11.1 Å². The van der Waals surface area contributed by atoms with Gasteiger partial charge >= 0.3 is 0 Å². The Labute approximate surface area is 172 Å². The average Bonchev–Trinajstić information content (AvgIpc) is 3.32. The summed E-state index contributed by atoms with van der Waals surface area (Å²) in [5.74, 6) is 0.149. The Morgan fingerprint density at radius 1 is 1.31 bits per heavy atom. The van der Waals surface area contributed by atoms with E-state index in [1.165, 1.54) is 17.3 Å². The highest BCUT2D eigenvalue weighted by molar-refractivity contribution is 6.31. The minimum Gasteiger partial charge on any atom is -0.350 e. The molecular weight excluding hydrogens is 391 g/mol. The maximum absolute atomic E-state index is 13.5. The molecule has 1 aromatic carbocycles. The number of benzene rings is 1. The van der Waals surface area contributed by atoms with E-state index in [2.05, 4.69) is 27.1 Å². The van der Waals surface area contributed by atoms with Crippen molar-refractivity contribution in [3.63, 3.8) is 0 Å². The Balaban J connectivity index is 1.43. The van der Waals surface area contributed by atoms with Crippen LogP contribution in [-0.2, 0) is 19.4 Å². The Kier molecular flexibility index (Phi) is 4.47. The van der Waals surface area contributed by atoms with Gasteiger partial charge < -0.3 is 5.32 Å². The van der Waals surface area contributed by atoms with Crippen LogP contribution in [0, 0.1) is 5.82 Å². The second-order valence-electron chi connectivity index (χ2n) is 7.27. The van der Waals surface area contributed by atoms with Gasteiger partial charge in [0.1, 0.15) is 5.82 Å². The van der Waals surface area contributed by atoms with Gasteiger partial charge in [0.25, 0.3) is 0 Å². The molecule has 0 radical (unpaired) electrons. The van der Waals surface area contributed by atoms with Gasteiger partial charge in [0, 0.05) is 30.0 Å². The van der Waals surface area contributed by atoms with Gasteiger partial charge in [0.05, 0.1) is 11.2 Å². The molecule has 1 unspecified atom stereocenters. The maximum atomic E-state index is 13.5. The molecule has 0 bridgehead atoms. The van der Waals surface area contributed by atoms with Gasteiger partial charge in [0.15, 0.2) is 5.65 Å². The highest BCUT2D eigenvalue weighted by Gasteiger charge is 2.23. The molecule has 0 amide bonds. The third-order valence-corrected chi connectivity index (χ3v) is 5.75. The van der Waals surface area contributed by atoms with E-state index in [1.54, 1.807) is 16.6 Å². The molecule has 8 heteroatoms. The van der Waals surface area contributed by atoms with Crippen LogP contribution in [0.15, 0.2) is 42.7 Å². The van der Waals surface area contributed by atoms with Gasteiger partial charge in [-0.15, -0.1) is 5.10 Å². The number of aryl methyl sites for hydroxylation is 1. The van der Waals surface area contributed by atoms with Crippen molar-refractivity contribution in [1.29, 1.82) is 0 Å². The highest BCUT2D eigenvalue weighted by atomic mass is 35.5. The van der Waals surface area contributed by atoms with Crippen molar-refractivity contribution in [3.05, 3.63) is 64.8 Å². The van der Waals surface area contributed by atoms with Crippen LogP contribution in [0.5, 0.6) is 0 Å². The van der Waals surface area contributed by atoms with Gasteiger partial charge in [0.2, 0.25) is 5.95 Å². The number of pyridine rings is 1. The second-order valence-corrected chi connectivity index (χ2v) is 7.68. The van der Waals surface area contributed by atoms with Crippen LogP contribution in [0.2, 0.25) is 5.02 Å². The number of anilines is 1. The van der Waals surface area contributed by atoms with E-state index >= 15 is 0 Å². The zero-order valence-electron chi connectivity index (χ0n) is 15.9. The number of nitrogens with one attached hydrogen (secondary N) is 1. The maximum Gasteiger partial charge on any atom is 0.243 e. The smallest absolute Gasteiger partial charge is 0.243 e. The first-order valence-electron chi connectivity index (χ1n) is 9.73. The van der Waals surface area contributed by atoms with E-state index in [9.17, 15) is 4.39 Å². The summed E-state index contributed by atoms with van der Waals surface area (Å²) >= 11 is 5.97. The summed E-state index contributed by atoms with van der Waals surface area (Å²) in [6, 6.07) is 8.77. The van der Waals surface area contributed by atoms with Crippen molar-refractivity contribution in [2.45, 2.75) is 38.8 Å². The molecule has 3 aromatic heterocycles. The molecule has 0 fully saturated rings. The van der Waals surface area contributed by atoms with E-state index in [-0.39, 0.29) is 11.1 Å². The quantitative estimate of drug-likeness (QED) is 0.542. The summed E-state index contributed by atoms with van der Waals surface area (Å²) in [7, 11) is 0. The predicted octanol–water partition coefficient (Wildman–Crippen LogP) is 4.37. The van der Waals surface area contributed by atoms with Crippen LogP contribution in [0.4, 0.5) is 10.3 Å². The Bertz CT molecular complexity index is 1200. The molecule has 1 aliphatic rings. The molecule has 1 N–H and O–H groups in total. The lowest BCUT2D eigenvalue weighted by Gasteiger charge is -2.23. The number of nitrogens with zero attached hydrogens (tertiary/aromatic N) is 5. The van der Waals surface area contributed by atoms with E-state index in [0.717, 1.165) is 36.9 Å². The lowest BCUT2D eigenvalue weighted by molar-refractivity contribution is 0.552. The fourth-order valence-electron chi connectivity index (χ4n) is 4.02. The molecule has 0 spiro atoms. The number of aromatic nitrogens is 5. The normalized spacial score (nSPS) is 16.2. The second kappa shape index (κ2) is 7.15. The molecule has 0 saturated carbocycles. The van der Waals surface area contributed by atoms with Gasteiger partial charge in [-0.3, -0.25) is 4.68 Å². The van der Waals surface area contributed by atoms with Crippen LogP contribution in [-0.4, -0.2) is 30.4 Å². The van der Waals surface area contributed by atoms with Gasteiger partial charge in [-0.2, -0.15) is 10.1 Å². The predicted molar refractivity (Wildman–Crippen MR) is 111 cm³/mol. The fourth-order valence-corrected chi connectivity index (χ4v) is 4.20. The van der Waals surface area contributed by atoms with Crippen molar-refractivity contribution < 1.29 is 4.39 Å². The topological polar surface area (TPSA) is 60.0 Å². The largest absolute Gasteiger partial charge is 0.350 e. The molecule has 4 aromatic rings. The van der Waals surface area contributed by atoms with Crippen LogP contribution < -0.4 is 5.32 Å². The minimum absolute atomic E-state index is 0.0907. The molecule has 1 atom stereocenters. The van der Waals surface area contributed by atoms with Crippen LogP contribution in [0.3, 0.4) is 0 Å². The molecule has 0 aliphatic heterocycles. The molecule has 6 nitrogen and oxygen atoms in total. The van der Waals surface area contributed by atoms with E-state index in [1.807, 2.05) is 24.5 Å².